The first-order chi connectivity index (χ1) is 14.0. The molecule has 0 aliphatic rings. The third kappa shape index (κ3) is 4.12. The first-order valence-corrected chi connectivity index (χ1v) is 10.6. The zero-order valence-corrected chi connectivity index (χ0v) is 17.5. The number of carbonyl (C=O) groups excluding carboxylic acids is 2. The summed E-state index contributed by atoms with van der Waals surface area (Å²) < 4.78 is 12.5. The number of halogens is 1. The molecule has 0 radical (unpaired) electrons. The highest BCUT2D eigenvalue weighted by atomic mass is 35.5. The normalized spacial score (nSPS) is 11.6. The summed E-state index contributed by atoms with van der Waals surface area (Å²) >= 11 is 8.82. The monoisotopic (exact) mass is 443 g/mol. The zero-order chi connectivity index (χ0) is 20.4. The Hall–Kier alpha value is -2.87. The van der Waals surface area contributed by atoms with Gasteiger partial charge >= 0.3 is 5.97 Å². The highest BCUT2D eigenvalue weighted by Gasteiger charge is 2.22. The van der Waals surface area contributed by atoms with Crippen LogP contribution >= 0.6 is 34.3 Å². The third-order valence-electron chi connectivity index (χ3n) is 3.98. The molecule has 4 rings (SSSR count). The first kappa shape index (κ1) is 19.4. The fourth-order valence-corrected chi connectivity index (χ4v) is 5.09. The van der Waals surface area contributed by atoms with Gasteiger partial charge in [-0.2, -0.15) is 0 Å². The summed E-state index contributed by atoms with van der Waals surface area (Å²) in [5, 5.41) is 5.25. The van der Waals surface area contributed by atoms with Gasteiger partial charge in [0.1, 0.15) is 10.6 Å². The van der Waals surface area contributed by atoms with E-state index in [-0.39, 0.29) is 5.91 Å². The second-order valence-corrected chi connectivity index (χ2v) is 8.39. The van der Waals surface area contributed by atoms with E-state index >= 15 is 0 Å². The highest BCUT2D eigenvalue weighted by molar-refractivity contribution is 7.28. The van der Waals surface area contributed by atoms with Crippen molar-refractivity contribution >= 4 is 61.1 Å². The summed E-state index contributed by atoms with van der Waals surface area (Å²) in [5.74, 6) is 0.0271. The maximum absolute atomic E-state index is 12.9. The number of hydrogen-bond acceptors (Lipinski definition) is 6. The van der Waals surface area contributed by atoms with Crippen LogP contribution in [0.5, 0.6) is 5.75 Å². The first-order valence-electron chi connectivity index (χ1n) is 8.52. The smallest absolute Gasteiger partial charge is 0.308 e. The van der Waals surface area contributed by atoms with E-state index in [1.165, 1.54) is 29.6 Å². The predicted octanol–water partition coefficient (Wildman–Crippen LogP) is 5.95. The highest BCUT2D eigenvalue weighted by Crippen LogP contribution is 2.41. The largest absolute Gasteiger partial charge is 0.464 e. The molecule has 0 aliphatic heterocycles. The lowest BCUT2D eigenvalue weighted by Crippen LogP contribution is -2.18. The van der Waals surface area contributed by atoms with E-state index in [0.717, 1.165) is 15.0 Å². The van der Waals surface area contributed by atoms with Crippen molar-refractivity contribution in [1.82, 2.24) is 5.32 Å². The van der Waals surface area contributed by atoms with Crippen molar-refractivity contribution in [3.05, 3.63) is 81.5 Å². The Morgan fingerprint density at radius 3 is 2.79 bits per heavy atom. The van der Waals surface area contributed by atoms with Gasteiger partial charge in [0.2, 0.25) is 0 Å². The van der Waals surface area contributed by atoms with Gasteiger partial charge in [0.25, 0.3) is 5.91 Å². The number of esters is 1. The van der Waals surface area contributed by atoms with E-state index < -0.39 is 5.97 Å². The van der Waals surface area contributed by atoms with Crippen LogP contribution in [0.1, 0.15) is 27.9 Å². The summed E-state index contributed by atoms with van der Waals surface area (Å²) in [7, 11) is 0. The minimum absolute atomic E-state index is 0.292. The average Bonchev–Trinajstić information content (AvgIpc) is 3.41. The quantitative estimate of drug-likeness (QED) is 0.387. The van der Waals surface area contributed by atoms with Crippen LogP contribution in [-0.2, 0) is 4.79 Å². The molecule has 0 atom stereocenters. The number of furan rings is 1. The van der Waals surface area contributed by atoms with Gasteiger partial charge in [-0.25, -0.2) is 0 Å². The number of benzene rings is 1. The van der Waals surface area contributed by atoms with Crippen LogP contribution in [0, 0.1) is 0 Å². The van der Waals surface area contributed by atoms with Crippen molar-refractivity contribution in [2.45, 2.75) is 6.92 Å². The molecule has 3 heterocycles. The predicted molar refractivity (Wildman–Crippen MR) is 116 cm³/mol. The minimum Gasteiger partial charge on any atom is -0.464 e. The molecule has 0 spiro atoms. The van der Waals surface area contributed by atoms with E-state index in [1.54, 1.807) is 36.7 Å². The standard InChI is InChI=1S/C21H14ClNO4S2/c1-12(24)27-18-19-17(7-9-28-19)29-20(18)21(25)23-11-15(16-6-3-8-26-16)13-4-2-5-14(22)10-13/h2-11H,1H3,(H,23,25)/b15-11-. The maximum atomic E-state index is 12.9. The lowest BCUT2D eigenvalue weighted by molar-refractivity contribution is -0.131. The Bertz CT molecular complexity index is 1220. The molecule has 1 aromatic carbocycles. The summed E-state index contributed by atoms with van der Waals surface area (Å²) in [6.45, 7) is 1.31. The molecule has 4 aromatic rings. The Morgan fingerprint density at radius 2 is 2.07 bits per heavy atom. The van der Waals surface area contributed by atoms with Crippen molar-refractivity contribution in [1.29, 1.82) is 0 Å². The van der Waals surface area contributed by atoms with Crippen molar-refractivity contribution in [2.75, 3.05) is 0 Å². The third-order valence-corrected chi connectivity index (χ3v) is 6.39. The summed E-state index contributed by atoms with van der Waals surface area (Å²) in [4.78, 5) is 24.7. The summed E-state index contributed by atoms with van der Waals surface area (Å²) in [6.07, 6.45) is 3.12. The molecular weight excluding hydrogens is 430 g/mol. The topological polar surface area (TPSA) is 68.5 Å². The molecule has 29 heavy (non-hydrogen) atoms. The van der Waals surface area contributed by atoms with Crippen molar-refractivity contribution < 1.29 is 18.7 Å². The molecule has 3 aromatic heterocycles. The van der Waals surface area contributed by atoms with Gasteiger partial charge in [-0.1, -0.05) is 23.7 Å². The number of rotatable bonds is 5. The second kappa shape index (κ2) is 8.24. The molecule has 0 bridgehead atoms. The van der Waals surface area contributed by atoms with E-state index in [1.807, 2.05) is 23.6 Å². The number of amides is 1. The SMILES string of the molecule is CC(=O)Oc1c(C(=O)N/C=C(/c2cccc(Cl)c2)c2ccco2)sc2ccsc12. The molecule has 0 unspecified atom stereocenters. The molecule has 0 fully saturated rings. The van der Waals surface area contributed by atoms with E-state index in [2.05, 4.69) is 5.32 Å². The Labute approximate surface area is 179 Å². The molecule has 1 N–H and O–H groups in total. The van der Waals surface area contributed by atoms with Crippen LogP contribution in [-0.4, -0.2) is 11.9 Å². The Kier molecular flexibility index (Phi) is 5.53. The lowest BCUT2D eigenvalue weighted by atomic mass is 10.0. The molecule has 1 amide bonds. The fourth-order valence-electron chi connectivity index (χ4n) is 2.78. The van der Waals surface area contributed by atoms with Crippen molar-refractivity contribution in [3.8, 4) is 5.75 Å². The van der Waals surface area contributed by atoms with Gasteiger partial charge in [0.05, 0.1) is 11.0 Å². The minimum atomic E-state index is -0.474. The fraction of sp³-hybridized carbons (Fsp3) is 0.0476. The number of fused-ring (bicyclic) bond motifs is 1. The molecule has 146 valence electrons. The van der Waals surface area contributed by atoms with Gasteiger partial charge in [-0.3, -0.25) is 9.59 Å². The molecule has 0 saturated heterocycles. The number of nitrogens with one attached hydrogen (secondary N) is 1. The number of hydrogen-bond donors (Lipinski definition) is 1. The van der Waals surface area contributed by atoms with Crippen LogP contribution in [0.15, 0.2) is 64.7 Å². The molecular formula is C21H14ClNO4S2. The van der Waals surface area contributed by atoms with E-state index in [9.17, 15) is 9.59 Å². The van der Waals surface area contributed by atoms with Crippen molar-refractivity contribution in [3.63, 3.8) is 0 Å². The van der Waals surface area contributed by atoms with Crippen molar-refractivity contribution in [2.24, 2.45) is 0 Å². The lowest BCUT2D eigenvalue weighted by Gasteiger charge is -2.07. The number of carbonyl (C=O) groups is 2. The second-order valence-electron chi connectivity index (χ2n) is 5.99. The number of ether oxygens (including phenoxy) is 1. The van der Waals surface area contributed by atoms with Crippen LogP contribution < -0.4 is 10.1 Å². The summed E-state index contributed by atoms with van der Waals surface area (Å²) in [5.41, 5.74) is 1.46. The van der Waals surface area contributed by atoms with Crippen LogP contribution in [0.4, 0.5) is 0 Å². The van der Waals surface area contributed by atoms with Gasteiger partial charge in [0, 0.05) is 28.4 Å². The molecule has 5 nitrogen and oxygen atoms in total. The van der Waals surface area contributed by atoms with Crippen LogP contribution in [0.25, 0.3) is 15.0 Å². The Balaban J connectivity index is 1.69. The van der Waals surface area contributed by atoms with Gasteiger partial charge in [0.15, 0.2) is 5.75 Å². The molecule has 0 saturated carbocycles. The number of thiophene rings is 2. The van der Waals surface area contributed by atoms with Gasteiger partial charge in [-0.15, -0.1) is 22.7 Å². The van der Waals surface area contributed by atoms with Crippen LogP contribution in [0.3, 0.4) is 0 Å². The summed E-state index contributed by atoms with van der Waals surface area (Å²) in [6, 6.07) is 12.7. The van der Waals surface area contributed by atoms with Crippen LogP contribution in [0.2, 0.25) is 5.02 Å². The zero-order valence-electron chi connectivity index (χ0n) is 15.1. The molecule has 0 aliphatic carbocycles. The maximum Gasteiger partial charge on any atom is 0.308 e. The van der Waals surface area contributed by atoms with Gasteiger partial charge in [-0.05, 0) is 41.3 Å². The Morgan fingerprint density at radius 1 is 1.21 bits per heavy atom. The van der Waals surface area contributed by atoms with E-state index in [4.69, 9.17) is 20.8 Å². The molecule has 8 heteroatoms. The van der Waals surface area contributed by atoms with E-state index in [0.29, 0.717) is 27.0 Å². The van der Waals surface area contributed by atoms with Gasteiger partial charge < -0.3 is 14.5 Å². The average molecular weight is 444 g/mol.